The number of aromatic nitrogens is 2. The van der Waals surface area contributed by atoms with E-state index in [1.165, 1.54) is 32.1 Å². The third kappa shape index (κ3) is 5.03. The van der Waals surface area contributed by atoms with Gasteiger partial charge in [0.25, 0.3) is 0 Å². The first-order valence-electron chi connectivity index (χ1n) is 7.95. The van der Waals surface area contributed by atoms with E-state index in [0.717, 1.165) is 23.2 Å². The van der Waals surface area contributed by atoms with Gasteiger partial charge in [-0.1, -0.05) is 38.3 Å². The van der Waals surface area contributed by atoms with E-state index in [-0.39, 0.29) is 5.41 Å². The minimum atomic E-state index is -0.0605. The third-order valence-corrected chi connectivity index (χ3v) is 5.82. The van der Waals surface area contributed by atoms with E-state index >= 15 is 0 Å². The molecule has 0 aliphatic heterocycles. The van der Waals surface area contributed by atoms with Gasteiger partial charge in [-0.2, -0.15) is 22.0 Å². The molecule has 1 aliphatic carbocycles. The summed E-state index contributed by atoms with van der Waals surface area (Å²) in [5.74, 6) is 2.32. The van der Waals surface area contributed by atoms with E-state index < -0.39 is 0 Å². The van der Waals surface area contributed by atoms with Crippen LogP contribution in [0.5, 0.6) is 0 Å². The second kappa shape index (κ2) is 7.84. The highest BCUT2D eigenvalue weighted by atomic mass is 32.2. The Hall–Kier alpha value is -1.02. The van der Waals surface area contributed by atoms with Crippen molar-refractivity contribution in [1.29, 1.82) is 5.26 Å². The van der Waals surface area contributed by atoms with E-state index in [1.54, 1.807) is 0 Å². The first kappa shape index (κ1) is 16.4. The Balaban J connectivity index is 1.84. The van der Waals surface area contributed by atoms with Crippen LogP contribution in [-0.2, 0) is 12.2 Å². The van der Waals surface area contributed by atoms with Crippen molar-refractivity contribution in [3.05, 3.63) is 11.7 Å². The lowest BCUT2D eigenvalue weighted by Gasteiger charge is -2.22. The Morgan fingerprint density at radius 1 is 1.38 bits per heavy atom. The van der Waals surface area contributed by atoms with Crippen LogP contribution in [0, 0.1) is 16.7 Å². The monoisotopic (exact) mass is 307 g/mol. The summed E-state index contributed by atoms with van der Waals surface area (Å²) in [5, 5.41) is 13.8. The van der Waals surface area contributed by atoms with Gasteiger partial charge in [-0.3, -0.25) is 0 Å². The maximum atomic E-state index is 8.92. The van der Waals surface area contributed by atoms with E-state index in [9.17, 15) is 0 Å². The predicted octanol–water partition coefficient (Wildman–Crippen LogP) is 4.51. The number of hydrogen-bond donors (Lipinski definition) is 0. The summed E-state index contributed by atoms with van der Waals surface area (Å²) in [6.45, 7) is 4.21. The smallest absolute Gasteiger partial charge is 0.227 e. The van der Waals surface area contributed by atoms with Crippen molar-refractivity contribution in [2.75, 3.05) is 0 Å². The lowest BCUT2D eigenvalue weighted by Crippen LogP contribution is -2.18. The molecule has 1 atom stereocenters. The molecule has 1 aromatic heterocycles. The van der Waals surface area contributed by atoms with Crippen LogP contribution >= 0.6 is 11.8 Å². The minimum Gasteiger partial charge on any atom is -0.339 e. The molecule has 1 aromatic rings. The zero-order chi connectivity index (χ0) is 15.1. The van der Waals surface area contributed by atoms with Crippen LogP contribution in [0.1, 0.15) is 70.5 Å². The highest BCUT2D eigenvalue weighted by molar-refractivity contribution is 7.99. The number of nitrogens with zero attached hydrogens (tertiary/aromatic N) is 3. The van der Waals surface area contributed by atoms with E-state index in [1.807, 2.05) is 11.8 Å². The first-order valence-corrected chi connectivity index (χ1v) is 9.00. The Bertz CT molecular complexity index is 476. The summed E-state index contributed by atoms with van der Waals surface area (Å²) < 4.78 is 5.36. The van der Waals surface area contributed by atoms with Gasteiger partial charge in [0, 0.05) is 18.1 Å². The zero-order valence-corrected chi connectivity index (χ0v) is 13.9. The molecule has 2 rings (SSSR count). The second-order valence-electron chi connectivity index (χ2n) is 6.35. The molecule has 116 valence electrons. The quantitative estimate of drug-likeness (QED) is 0.741. The van der Waals surface area contributed by atoms with Crippen LogP contribution in [0.3, 0.4) is 0 Å². The van der Waals surface area contributed by atoms with E-state index in [4.69, 9.17) is 9.78 Å². The molecule has 4 nitrogen and oxygen atoms in total. The van der Waals surface area contributed by atoms with Crippen LogP contribution in [0.15, 0.2) is 4.52 Å². The fourth-order valence-electron chi connectivity index (χ4n) is 2.71. The number of rotatable bonds is 7. The molecule has 0 N–H and O–H groups in total. The molecule has 1 fully saturated rings. The number of nitriles is 1. The average Bonchev–Trinajstić information content (AvgIpc) is 2.94. The largest absolute Gasteiger partial charge is 0.339 e. The average molecular weight is 307 g/mol. The van der Waals surface area contributed by atoms with Crippen LogP contribution < -0.4 is 0 Å². The zero-order valence-electron chi connectivity index (χ0n) is 13.1. The predicted molar refractivity (Wildman–Crippen MR) is 84.8 cm³/mol. The van der Waals surface area contributed by atoms with Crippen molar-refractivity contribution < 1.29 is 4.52 Å². The lowest BCUT2D eigenvalue weighted by atomic mass is 9.81. The van der Waals surface area contributed by atoms with Gasteiger partial charge < -0.3 is 4.52 Å². The Morgan fingerprint density at radius 3 is 2.81 bits per heavy atom. The van der Waals surface area contributed by atoms with Crippen molar-refractivity contribution in [3.8, 4) is 6.07 Å². The van der Waals surface area contributed by atoms with Gasteiger partial charge in [-0.25, -0.2) is 0 Å². The van der Waals surface area contributed by atoms with Crippen LogP contribution in [0.4, 0.5) is 0 Å². The Morgan fingerprint density at radius 2 is 2.14 bits per heavy atom. The van der Waals surface area contributed by atoms with E-state index in [0.29, 0.717) is 18.7 Å². The van der Waals surface area contributed by atoms with Gasteiger partial charge in [-0.15, -0.1) is 0 Å². The molecule has 1 unspecified atom stereocenters. The maximum absolute atomic E-state index is 8.92. The fourth-order valence-corrected chi connectivity index (χ4v) is 3.88. The number of hydrogen-bond acceptors (Lipinski definition) is 5. The van der Waals surface area contributed by atoms with Crippen molar-refractivity contribution in [2.45, 2.75) is 76.2 Å². The molecule has 0 spiro atoms. The van der Waals surface area contributed by atoms with E-state index in [2.05, 4.69) is 30.1 Å². The van der Waals surface area contributed by atoms with Crippen molar-refractivity contribution in [3.63, 3.8) is 0 Å². The SMILES string of the molecule is CCC(C)(CC#N)Cc1nc(CSC2CCCCC2)no1. The molecule has 0 radical (unpaired) electrons. The summed E-state index contributed by atoms with van der Waals surface area (Å²) in [4.78, 5) is 4.50. The fraction of sp³-hybridized carbons (Fsp3) is 0.812. The molecule has 1 heterocycles. The Labute approximate surface area is 131 Å². The van der Waals surface area contributed by atoms with Gasteiger partial charge in [0.2, 0.25) is 5.89 Å². The highest BCUT2D eigenvalue weighted by Crippen LogP contribution is 2.31. The maximum Gasteiger partial charge on any atom is 0.227 e. The highest BCUT2D eigenvalue weighted by Gasteiger charge is 2.25. The van der Waals surface area contributed by atoms with Crippen molar-refractivity contribution in [1.82, 2.24) is 10.1 Å². The lowest BCUT2D eigenvalue weighted by molar-refractivity contribution is 0.265. The van der Waals surface area contributed by atoms with Gasteiger partial charge in [0.05, 0.1) is 11.8 Å². The normalized spacial score (nSPS) is 19.1. The van der Waals surface area contributed by atoms with Crippen molar-refractivity contribution >= 4 is 11.8 Å². The first-order chi connectivity index (χ1) is 10.1. The molecule has 0 aromatic carbocycles. The number of thioether (sulfide) groups is 1. The van der Waals surface area contributed by atoms with Crippen LogP contribution in [0.2, 0.25) is 0 Å². The molecule has 1 aliphatic rings. The molecular formula is C16H25N3OS. The molecule has 21 heavy (non-hydrogen) atoms. The molecule has 1 saturated carbocycles. The Kier molecular flexibility index (Phi) is 6.10. The molecule has 5 heteroatoms. The topological polar surface area (TPSA) is 62.7 Å². The minimum absolute atomic E-state index is 0.0605. The molecular weight excluding hydrogens is 282 g/mol. The summed E-state index contributed by atoms with van der Waals surface area (Å²) >= 11 is 1.96. The summed E-state index contributed by atoms with van der Waals surface area (Å²) in [6.07, 6.45) is 8.91. The third-order valence-electron chi connectivity index (χ3n) is 4.45. The van der Waals surface area contributed by atoms with Gasteiger partial charge in [-0.05, 0) is 24.7 Å². The van der Waals surface area contributed by atoms with Crippen molar-refractivity contribution in [2.24, 2.45) is 5.41 Å². The van der Waals surface area contributed by atoms with Gasteiger partial charge >= 0.3 is 0 Å². The molecule has 0 amide bonds. The molecule has 0 saturated heterocycles. The summed E-state index contributed by atoms with van der Waals surface area (Å²) in [7, 11) is 0. The second-order valence-corrected chi connectivity index (χ2v) is 7.64. The standard InChI is InChI=1S/C16H25N3OS/c1-3-16(2,9-10-17)11-15-18-14(19-20-15)12-21-13-7-5-4-6-8-13/h13H,3-9,11-12H2,1-2H3. The van der Waals surface area contributed by atoms with Crippen LogP contribution in [0.25, 0.3) is 0 Å². The summed E-state index contributed by atoms with van der Waals surface area (Å²) in [5.41, 5.74) is -0.0605. The van der Waals surface area contributed by atoms with Gasteiger partial charge in [0.1, 0.15) is 0 Å². The molecule has 0 bridgehead atoms. The summed E-state index contributed by atoms with van der Waals surface area (Å²) in [6, 6.07) is 2.26. The van der Waals surface area contributed by atoms with Crippen LogP contribution in [-0.4, -0.2) is 15.4 Å². The van der Waals surface area contributed by atoms with Gasteiger partial charge in [0.15, 0.2) is 5.82 Å².